The number of hydrogen-bond acceptors (Lipinski definition) is 7. The number of aryl methyl sites for hydroxylation is 1. The molecule has 0 atom stereocenters. The second-order valence-corrected chi connectivity index (χ2v) is 5.10. The highest BCUT2D eigenvalue weighted by Gasteiger charge is 2.20. The maximum atomic E-state index is 8.88. The van der Waals surface area contributed by atoms with E-state index in [1.807, 2.05) is 6.07 Å². The average molecular weight is 321 g/mol. The van der Waals surface area contributed by atoms with Gasteiger partial charge >= 0.3 is 0 Å². The van der Waals surface area contributed by atoms with E-state index in [0.717, 1.165) is 36.8 Å². The van der Waals surface area contributed by atoms with Gasteiger partial charge in [-0.15, -0.1) is 0 Å². The van der Waals surface area contributed by atoms with Crippen LogP contribution in [0.15, 0.2) is 6.07 Å². The van der Waals surface area contributed by atoms with E-state index < -0.39 is 0 Å². The number of nitrogens with two attached hydrogens (primary N) is 1. The number of nitrogens with zero attached hydrogens (tertiary/aromatic N) is 2. The van der Waals surface area contributed by atoms with Crippen LogP contribution in [0.1, 0.15) is 25.0 Å². The van der Waals surface area contributed by atoms with Crippen molar-refractivity contribution in [3.8, 4) is 17.2 Å². The number of hydrogen-bond donors (Lipinski definition) is 2. The summed E-state index contributed by atoms with van der Waals surface area (Å²) in [5, 5.41) is 9.71. The minimum Gasteiger partial charge on any atom is -0.493 e. The van der Waals surface area contributed by atoms with Crippen molar-refractivity contribution in [1.82, 2.24) is 9.97 Å². The van der Waals surface area contributed by atoms with Gasteiger partial charge in [0.2, 0.25) is 11.7 Å². The average Bonchev–Trinajstić information content (AvgIpc) is 2.56. The van der Waals surface area contributed by atoms with Crippen molar-refractivity contribution in [2.24, 2.45) is 0 Å². The number of anilines is 1. The molecule has 7 nitrogen and oxygen atoms in total. The Hall–Kier alpha value is -2.28. The number of aliphatic hydroxyl groups excluding tert-OH is 1. The fourth-order valence-electron chi connectivity index (χ4n) is 2.58. The van der Waals surface area contributed by atoms with Gasteiger partial charge in [-0.2, -0.15) is 0 Å². The van der Waals surface area contributed by atoms with Gasteiger partial charge in [0.25, 0.3) is 0 Å². The number of aromatic nitrogens is 2. The molecule has 1 aromatic carbocycles. The molecule has 0 aliphatic carbocycles. The maximum Gasteiger partial charge on any atom is 0.220 e. The predicted octanol–water partition coefficient (Wildman–Crippen LogP) is 1.94. The third-order valence-electron chi connectivity index (χ3n) is 3.66. The first-order chi connectivity index (χ1) is 11.2. The Morgan fingerprint density at radius 3 is 2.35 bits per heavy atom. The van der Waals surface area contributed by atoms with Crippen LogP contribution in [0.3, 0.4) is 0 Å². The van der Waals surface area contributed by atoms with Crippen LogP contribution in [0.2, 0.25) is 0 Å². The third kappa shape index (κ3) is 3.56. The lowest BCUT2D eigenvalue weighted by Gasteiger charge is -2.16. The predicted molar refractivity (Wildman–Crippen MR) is 88.2 cm³/mol. The monoisotopic (exact) mass is 321 g/mol. The Bertz CT molecular complexity index is 676. The van der Waals surface area contributed by atoms with Gasteiger partial charge < -0.3 is 25.1 Å². The molecule has 3 N–H and O–H groups in total. The molecule has 1 heterocycles. The van der Waals surface area contributed by atoms with E-state index in [0.29, 0.717) is 22.8 Å². The second kappa shape index (κ2) is 7.82. The van der Waals surface area contributed by atoms with Gasteiger partial charge in [-0.3, -0.25) is 0 Å². The zero-order valence-electron chi connectivity index (χ0n) is 13.8. The summed E-state index contributed by atoms with van der Waals surface area (Å²) in [6.07, 6.45) is 3.34. The van der Waals surface area contributed by atoms with Crippen molar-refractivity contribution < 1.29 is 19.3 Å². The molecular weight excluding hydrogens is 298 g/mol. The van der Waals surface area contributed by atoms with Crippen LogP contribution in [0.4, 0.5) is 5.95 Å². The van der Waals surface area contributed by atoms with Crippen molar-refractivity contribution in [1.29, 1.82) is 0 Å². The summed E-state index contributed by atoms with van der Waals surface area (Å²) in [6, 6.07) is 1.84. The van der Waals surface area contributed by atoms with E-state index in [1.54, 1.807) is 21.3 Å². The van der Waals surface area contributed by atoms with E-state index in [9.17, 15) is 0 Å². The zero-order valence-corrected chi connectivity index (χ0v) is 13.8. The molecule has 0 fully saturated rings. The van der Waals surface area contributed by atoms with Crippen LogP contribution in [0, 0.1) is 0 Å². The molecule has 0 saturated heterocycles. The quantitative estimate of drug-likeness (QED) is 0.717. The van der Waals surface area contributed by atoms with Crippen LogP contribution >= 0.6 is 0 Å². The number of fused-ring (bicyclic) bond motifs is 1. The molecule has 0 radical (unpaired) electrons. The number of rotatable bonds is 8. The largest absolute Gasteiger partial charge is 0.493 e. The molecule has 0 aliphatic rings. The molecule has 2 rings (SSSR count). The molecule has 0 unspecified atom stereocenters. The minimum atomic E-state index is 0.195. The third-order valence-corrected chi connectivity index (χ3v) is 3.66. The lowest BCUT2D eigenvalue weighted by Crippen LogP contribution is -2.04. The molecule has 0 amide bonds. The molecule has 1 aromatic heterocycles. The SMILES string of the molecule is COc1cc2c(CCCCCO)nc(N)nc2c(OC)c1OC. The smallest absolute Gasteiger partial charge is 0.220 e. The second-order valence-electron chi connectivity index (χ2n) is 5.10. The first-order valence-corrected chi connectivity index (χ1v) is 7.52. The van der Waals surface area contributed by atoms with Crippen LogP contribution in [0.25, 0.3) is 10.9 Å². The summed E-state index contributed by atoms with van der Waals surface area (Å²) < 4.78 is 16.2. The van der Waals surface area contributed by atoms with Crippen molar-refractivity contribution in [2.75, 3.05) is 33.7 Å². The molecule has 0 saturated carbocycles. The van der Waals surface area contributed by atoms with Crippen LogP contribution < -0.4 is 19.9 Å². The lowest BCUT2D eigenvalue weighted by atomic mass is 10.1. The van der Waals surface area contributed by atoms with Gasteiger partial charge in [-0.05, 0) is 25.3 Å². The summed E-state index contributed by atoms with van der Waals surface area (Å²) in [4.78, 5) is 8.66. The Morgan fingerprint density at radius 1 is 1.00 bits per heavy atom. The highest BCUT2D eigenvalue weighted by molar-refractivity contribution is 5.92. The van der Waals surface area contributed by atoms with E-state index in [2.05, 4.69) is 9.97 Å². The minimum absolute atomic E-state index is 0.195. The van der Waals surface area contributed by atoms with E-state index in [4.69, 9.17) is 25.1 Å². The Balaban J connectivity index is 2.55. The topological polar surface area (TPSA) is 99.7 Å². The summed E-state index contributed by atoms with van der Waals surface area (Å²) in [6.45, 7) is 0.200. The van der Waals surface area contributed by atoms with Crippen molar-refractivity contribution in [3.63, 3.8) is 0 Å². The first kappa shape index (κ1) is 17.1. The molecule has 0 bridgehead atoms. The number of nitrogen functional groups attached to an aromatic ring is 1. The molecule has 0 spiro atoms. The first-order valence-electron chi connectivity index (χ1n) is 7.52. The maximum absolute atomic E-state index is 8.88. The summed E-state index contributed by atoms with van der Waals surface area (Å²) in [5.41, 5.74) is 7.29. The van der Waals surface area contributed by atoms with Crippen LogP contribution in [-0.4, -0.2) is 43.0 Å². The van der Waals surface area contributed by atoms with Crippen molar-refractivity contribution >= 4 is 16.9 Å². The van der Waals surface area contributed by atoms with E-state index >= 15 is 0 Å². The molecule has 0 aliphatic heterocycles. The fourth-order valence-corrected chi connectivity index (χ4v) is 2.58. The lowest BCUT2D eigenvalue weighted by molar-refractivity contribution is 0.283. The number of unbranched alkanes of at least 4 members (excludes halogenated alkanes) is 2. The Kier molecular flexibility index (Phi) is 5.81. The summed E-state index contributed by atoms with van der Waals surface area (Å²) in [5.74, 6) is 1.71. The van der Waals surface area contributed by atoms with Gasteiger partial charge in [0.05, 0.1) is 27.0 Å². The van der Waals surface area contributed by atoms with E-state index in [1.165, 1.54) is 0 Å². The van der Waals surface area contributed by atoms with Gasteiger partial charge in [0, 0.05) is 12.0 Å². The highest BCUT2D eigenvalue weighted by Crippen LogP contribution is 2.43. The molecule has 126 valence electrons. The molecule has 7 heteroatoms. The molecular formula is C16H23N3O4. The molecule has 23 heavy (non-hydrogen) atoms. The van der Waals surface area contributed by atoms with Crippen LogP contribution in [0.5, 0.6) is 17.2 Å². The van der Waals surface area contributed by atoms with Crippen molar-refractivity contribution in [2.45, 2.75) is 25.7 Å². The van der Waals surface area contributed by atoms with Gasteiger partial charge in [0.15, 0.2) is 11.5 Å². The van der Waals surface area contributed by atoms with Gasteiger partial charge in [0.1, 0.15) is 5.52 Å². The number of benzene rings is 1. The molecule has 2 aromatic rings. The van der Waals surface area contributed by atoms with Gasteiger partial charge in [-0.25, -0.2) is 9.97 Å². The standard InChI is InChI=1S/C16H23N3O4/c1-21-12-9-10-11(7-5-4-6-8-20)18-16(17)19-13(10)15(23-3)14(12)22-2/h9,20H,4-8H2,1-3H3,(H2,17,18,19). The normalized spacial score (nSPS) is 10.8. The van der Waals surface area contributed by atoms with Crippen LogP contribution in [-0.2, 0) is 6.42 Å². The summed E-state index contributed by atoms with van der Waals surface area (Å²) >= 11 is 0. The number of methoxy groups -OCH3 is 3. The number of ether oxygens (including phenoxy) is 3. The van der Waals surface area contributed by atoms with E-state index in [-0.39, 0.29) is 12.6 Å². The van der Waals surface area contributed by atoms with Gasteiger partial charge in [-0.1, -0.05) is 6.42 Å². The highest BCUT2D eigenvalue weighted by atomic mass is 16.5. The van der Waals surface area contributed by atoms with Crippen molar-refractivity contribution in [3.05, 3.63) is 11.8 Å². The Labute approximate surface area is 135 Å². The fraction of sp³-hybridized carbons (Fsp3) is 0.500. The Morgan fingerprint density at radius 2 is 1.74 bits per heavy atom. The number of aliphatic hydroxyl groups is 1. The summed E-state index contributed by atoms with van der Waals surface area (Å²) in [7, 11) is 4.67. The zero-order chi connectivity index (χ0) is 16.8.